The summed E-state index contributed by atoms with van der Waals surface area (Å²) in [4.78, 5) is 12.4. The standard InChI is InChI=1S/C10H13NOS/c1-7-3-4-8(9(12)6-11)5-10(7)13-2/h3-5H,6,11H2,1-2H3. The first-order valence-electron chi connectivity index (χ1n) is 4.07. The predicted molar refractivity (Wildman–Crippen MR) is 56.3 cm³/mol. The molecule has 0 fully saturated rings. The molecule has 0 spiro atoms. The van der Waals surface area contributed by atoms with E-state index in [0.29, 0.717) is 5.56 Å². The van der Waals surface area contributed by atoms with E-state index in [2.05, 4.69) is 0 Å². The lowest BCUT2D eigenvalue weighted by Crippen LogP contribution is -2.13. The van der Waals surface area contributed by atoms with Crippen molar-refractivity contribution in [3.63, 3.8) is 0 Å². The van der Waals surface area contributed by atoms with Crippen LogP contribution in [-0.4, -0.2) is 18.6 Å². The van der Waals surface area contributed by atoms with Crippen LogP contribution in [-0.2, 0) is 0 Å². The van der Waals surface area contributed by atoms with E-state index in [0.717, 1.165) is 4.90 Å². The fourth-order valence-corrected chi connectivity index (χ4v) is 1.75. The Labute approximate surface area is 82.5 Å². The Morgan fingerprint density at radius 1 is 1.54 bits per heavy atom. The molecule has 0 aliphatic rings. The fraction of sp³-hybridized carbons (Fsp3) is 0.300. The maximum atomic E-state index is 11.3. The van der Waals surface area contributed by atoms with Gasteiger partial charge < -0.3 is 5.73 Å². The van der Waals surface area contributed by atoms with E-state index < -0.39 is 0 Å². The van der Waals surface area contributed by atoms with E-state index in [1.54, 1.807) is 11.8 Å². The second-order valence-electron chi connectivity index (χ2n) is 2.81. The Balaban J connectivity index is 3.06. The third-order valence-electron chi connectivity index (χ3n) is 1.92. The van der Waals surface area contributed by atoms with E-state index in [4.69, 9.17) is 5.73 Å². The van der Waals surface area contributed by atoms with E-state index in [-0.39, 0.29) is 12.3 Å². The molecule has 0 aromatic heterocycles. The number of hydrogen-bond donors (Lipinski definition) is 1. The minimum Gasteiger partial charge on any atom is -0.324 e. The predicted octanol–water partition coefficient (Wildman–Crippen LogP) is 1.86. The Morgan fingerprint density at radius 3 is 2.77 bits per heavy atom. The van der Waals surface area contributed by atoms with Gasteiger partial charge in [-0.15, -0.1) is 11.8 Å². The molecule has 0 bridgehead atoms. The Kier molecular flexibility index (Phi) is 3.51. The molecule has 2 N–H and O–H groups in total. The van der Waals surface area contributed by atoms with Crippen LogP contribution in [0.1, 0.15) is 15.9 Å². The zero-order chi connectivity index (χ0) is 9.84. The molecule has 0 saturated heterocycles. The molecule has 1 aromatic carbocycles. The van der Waals surface area contributed by atoms with Gasteiger partial charge in [0.05, 0.1) is 6.54 Å². The maximum Gasteiger partial charge on any atom is 0.176 e. The second-order valence-corrected chi connectivity index (χ2v) is 3.66. The van der Waals surface area contributed by atoms with Crippen LogP contribution in [0.2, 0.25) is 0 Å². The van der Waals surface area contributed by atoms with Gasteiger partial charge in [-0.2, -0.15) is 0 Å². The van der Waals surface area contributed by atoms with Crippen molar-refractivity contribution in [1.82, 2.24) is 0 Å². The number of carbonyl (C=O) groups is 1. The first-order chi connectivity index (χ1) is 6.19. The quantitative estimate of drug-likeness (QED) is 0.591. The average Bonchev–Trinajstić information content (AvgIpc) is 2.17. The van der Waals surface area contributed by atoms with Crippen LogP contribution >= 0.6 is 11.8 Å². The molecule has 1 rings (SSSR count). The van der Waals surface area contributed by atoms with Crippen LogP contribution in [0.25, 0.3) is 0 Å². The molecule has 0 unspecified atom stereocenters. The van der Waals surface area contributed by atoms with Gasteiger partial charge in [-0.3, -0.25) is 4.79 Å². The molecule has 70 valence electrons. The normalized spacial score (nSPS) is 10.1. The van der Waals surface area contributed by atoms with E-state index >= 15 is 0 Å². The first kappa shape index (κ1) is 10.3. The van der Waals surface area contributed by atoms with Gasteiger partial charge in [0.2, 0.25) is 0 Å². The monoisotopic (exact) mass is 195 g/mol. The van der Waals surface area contributed by atoms with E-state index in [9.17, 15) is 4.79 Å². The Morgan fingerprint density at radius 2 is 2.23 bits per heavy atom. The second kappa shape index (κ2) is 4.44. The summed E-state index contributed by atoms with van der Waals surface area (Å²) in [5, 5.41) is 0. The molecule has 0 heterocycles. The van der Waals surface area contributed by atoms with Crippen molar-refractivity contribution >= 4 is 17.5 Å². The topological polar surface area (TPSA) is 43.1 Å². The van der Waals surface area contributed by atoms with Crippen LogP contribution in [0.5, 0.6) is 0 Å². The van der Waals surface area contributed by atoms with Crippen molar-refractivity contribution in [1.29, 1.82) is 0 Å². The number of hydrogen-bond acceptors (Lipinski definition) is 3. The van der Waals surface area contributed by atoms with Gasteiger partial charge in [-0.1, -0.05) is 12.1 Å². The largest absolute Gasteiger partial charge is 0.324 e. The maximum absolute atomic E-state index is 11.3. The van der Waals surface area contributed by atoms with Crippen LogP contribution in [0.3, 0.4) is 0 Å². The highest BCUT2D eigenvalue weighted by atomic mass is 32.2. The summed E-state index contributed by atoms with van der Waals surface area (Å²) >= 11 is 1.64. The van der Waals surface area contributed by atoms with Crippen LogP contribution < -0.4 is 5.73 Å². The third kappa shape index (κ3) is 2.32. The van der Waals surface area contributed by atoms with Crippen molar-refractivity contribution in [2.45, 2.75) is 11.8 Å². The number of thioether (sulfide) groups is 1. The van der Waals surface area contributed by atoms with Crippen molar-refractivity contribution in [3.8, 4) is 0 Å². The summed E-state index contributed by atoms with van der Waals surface area (Å²) in [6, 6.07) is 5.67. The molecule has 0 aliphatic heterocycles. The molecule has 0 amide bonds. The summed E-state index contributed by atoms with van der Waals surface area (Å²) in [5.74, 6) is -0.00435. The van der Waals surface area contributed by atoms with Gasteiger partial charge >= 0.3 is 0 Å². The summed E-state index contributed by atoms with van der Waals surface area (Å²) in [6.45, 7) is 2.11. The number of nitrogens with two attached hydrogens (primary N) is 1. The number of rotatable bonds is 3. The zero-order valence-electron chi connectivity index (χ0n) is 7.83. The van der Waals surface area contributed by atoms with E-state index in [1.165, 1.54) is 5.56 Å². The van der Waals surface area contributed by atoms with Crippen molar-refractivity contribution in [3.05, 3.63) is 29.3 Å². The molecular weight excluding hydrogens is 182 g/mol. The lowest BCUT2D eigenvalue weighted by atomic mass is 10.1. The molecule has 1 aromatic rings. The first-order valence-corrected chi connectivity index (χ1v) is 5.29. The fourth-order valence-electron chi connectivity index (χ4n) is 1.11. The summed E-state index contributed by atoms with van der Waals surface area (Å²) < 4.78 is 0. The van der Waals surface area contributed by atoms with E-state index in [1.807, 2.05) is 31.4 Å². The molecule has 3 heteroatoms. The van der Waals surface area contributed by atoms with Crippen molar-refractivity contribution in [2.75, 3.05) is 12.8 Å². The SMILES string of the molecule is CSc1cc(C(=O)CN)ccc1C. The van der Waals surface area contributed by atoms with Gasteiger partial charge in [0.25, 0.3) is 0 Å². The highest BCUT2D eigenvalue weighted by Gasteiger charge is 2.05. The summed E-state index contributed by atoms with van der Waals surface area (Å²) in [5.41, 5.74) is 7.18. The number of ketones is 1. The summed E-state index contributed by atoms with van der Waals surface area (Å²) in [7, 11) is 0. The summed E-state index contributed by atoms with van der Waals surface area (Å²) in [6.07, 6.45) is 2.00. The molecule has 2 nitrogen and oxygen atoms in total. The number of aryl methyl sites for hydroxylation is 1. The van der Waals surface area contributed by atoms with Gasteiger partial charge in [0.15, 0.2) is 5.78 Å². The third-order valence-corrected chi connectivity index (χ3v) is 2.80. The highest BCUT2D eigenvalue weighted by Crippen LogP contribution is 2.21. The van der Waals surface area contributed by atoms with Gasteiger partial charge in [-0.05, 0) is 24.8 Å². The Bertz CT molecular complexity index is 323. The number of carbonyl (C=O) groups excluding carboxylic acids is 1. The van der Waals surface area contributed by atoms with Gasteiger partial charge in [0, 0.05) is 10.5 Å². The van der Waals surface area contributed by atoms with Crippen molar-refractivity contribution in [2.24, 2.45) is 5.73 Å². The van der Waals surface area contributed by atoms with Crippen LogP contribution in [0.4, 0.5) is 0 Å². The van der Waals surface area contributed by atoms with Gasteiger partial charge in [-0.25, -0.2) is 0 Å². The molecular formula is C10H13NOS. The highest BCUT2D eigenvalue weighted by molar-refractivity contribution is 7.98. The molecule has 0 saturated carbocycles. The molecule has 0 aliphatic carbocycles. The lowest BCUT2D eigenvalue weighted by Gasteiger charge is -2.04. The van der Waals surface area contributed by atoms with Crippen LogP contribution in [0.15, 0.2) is 23.1 Å². The smallest absolute Gasteiger partial charge is 0.176 e. The van der Waals surface area contributed by atoms with Gasteiger partial charge in [0.1, 0.15) is 0 Å². The van der Waals surface area contributed by atoms with Crippen molar-refractivity contribution < 1.29 is 4.79 Å². The minimum absolute atomic E-state index is 0.00435. The van der Waals surface area contributed by atoms with Crippen LogP contribution in [0, 0.1) is 6.92 Å². The molecule has 0 atom stereocenters. The Hall–Kier alpha value is -0.800. The molecule has 13 heavy (non-hydrogen) atoms. The number of benzene rings is 1. The average molecular weight is 195 g/mol. The zero-order valence-corrected chi connectivity index (χ0v) is 8.65. The molecule has 0 radical (unpaired) electrons. The lowest BCUT2D eigenvalue weighted by molar-refractivity contribution is 0.100. The number of Topliss-reactive ketones (excluding diaryl/α,β-unsaturated/α-hetero) is 1. The minimum atomic E-state index is -0.00435.